The molecule has 1 atom stereocenters. The van der Waals surface area contributed by atoms with Crippen molar-refractivity contribution in [2.75, 3.05) is 0 Å². The zero-order valence-electron chi connectivity index (χ0n) is 11.6. The molecule has 2 heteroatoms. The van der Waals surface area contributed by atoms with E-state index in [9.17, 15) is 0 Å². The van der Waals surface area contributed by atoms with E-state index >= 15 is 0 Å². The van der Waals surface area contributed by atoms with E-state index in [1.165, 1.54) is 5.56 Å². The van der Waals surface area contributed by atoms with E-state index < -0.39 is 0 Å². The second kappa shape index (κ2) is 7.79. The second-order valence-corrected chi connectivity index (χ2v) is 4.70. The van der Waals surface area contributed by atoms with Crippen molar-refractivity contribution < 1.29 is 4.74 Å². The van der Waals surface area contributed by atoms with Crippen LogP contribution in [0.2, 0.25) is 0 Å². The van der Waals surface area contributed by atoms with Crippen LogP contribution in [0.4, 0.5) is 0 Å². The fourth-order valence-electron chi connectivity index (χ4n) is 1.77. The van der Waals surface area contributed by atoms with E-state index in [-0.39, 0.29) is 12.1 Å². The summed E-state index contributed by atoms with van der Waals surface area (Å²) in [6.45, 7) is 6.98. The Morgan fingerprint density at radius 1 is 1.39 bits per heavy atom. The van der Waals surface area contributed by atoms with Crippen LogP contribution in [0.25, 0.3) is 0 Å². The zero-order chi connectivity index (χ0) is 13.4. The molecule has 0 amide bonds. The maximum absolute atomic E-state index is 5.67. The number of ether oxygens (including phenoxy) is 1. The molecule has 0 aromatic heterocycles. The molecule has 0 heterocycles. The van der Waals surface area contributed by atoms with Crippen LogP contribution >= 0.6 is 0 Å². The number of nitrogens with one attached hydrogen (secondary N) is 1. The van der Waals surface area contributed by atoms with Gasteiger partial charge in [0, 0.05) is 6.54 Å². The molecule has 0 spiro atoms. The third-order valence-corrected chi connectivity index (χ3v) is 2.60. The van der Waals surface area contributed by atoms with Gasteiger partial charge in [0.25, 0.3) is 0 Å². The van der Waals surface area contributed by atoms with Gasteiger partial charge in [0.05, 0.1) is 12.1 Å². The van der Waals surface area contributed by atoms with E-state index in [2.05, 4.69) is 30.3 Å². The molecule has 1 N–H and O–H groups in total. The molecule has 0 saturated carbocycles. The molecule has 98 valence electrons. The number of hydrogen-bond acceptors (Lipinski definition) is 2. The maximum Gasteiger partial charge on any atom is 0.120 e. The van der Waals surface area contributed by atoms with Crippen LogP contribution in [-0.2, 0) is 6.54 Å². The number of benzene rings is 1. The number of rotatable bonds is 7. The van der Waals surface area contributed by atoms with Crippen LogP contribution in [0.3, 0.4) is 0 Å². The third-order valence-electron chi connectivity index (χ3n) is 2.60. The van der Waals surface area contributed by atoms with E-state index in [4.69, 9.17) is 11.2 Å². The van der Waals surface area contributed by atoms with Gasteiger partial charge < -0.3 is 4.74 Å². The molecule has 0 radical (unpaired) electrons. The molecule has 0 aliphatic heterocycles. The Kier molecular flexibility index (Phi) is 6.32. The quantitative estimate of drug-likeness (QED) is 0.744. The van der Waals surface area contributed by atoms with Crippen molar-refractivity contribution in [1.82, 2.24) is 5.32 Å². The minimum absolute atomic E-state index is 0.157. The fourth-order valence-corrected chi connectivity index (χ4v) is 1.77. The zero-order valence-corrected chi connectivity index (χ0v) is 11.6. The first-order valence-electron chi connectivity index (χ1n) is 6.60. The highest BCUT2D eigenvalue weighted by Crippen LogP contribution is 2.15. The Morgan fingerprint density at radius 3 is 2.78 bits per heavy atom. The molecule has 0 bridgehead atoms. The molecule has 1 rings (SSSR count). The van der Waals surface area contributed by atoms with Gasteiger partial charge in [-0.15, -0.1) is 6.42 Å². The van der Waals surface area contributed by atoms with Crippen molar-refractivity contribution in [2.24, 2.45) is 0 Å². The molecule has 0 saturated heterocycles. The van der Waals surface area contributed by atoms with Crippen molar-refractivity contribution in [3.05, 3.63) is 29.8 Å². The summed E-state index contributed by atoms with van der Waals surface area (Å²) >= 11 is 0. The van der Waals surface area contributed by atoms with Gasteiger partial charge in [0.1, 0.15) is 5.75 Å². The van der Waals surface area contributed by atoms with Crippen molar-refractivity contribution in [3.63, 3.8) is 0 Å². The van der Waals surface area contributed by atoms with E-state index in [1.807, 2.05) is 26.0 Å². The lowest BCUT2D eigenvalue weighted by molar-refractivity contribution is 0.242. The van der Waals surface area contributed by atoms with Crippen molar-refractivity contribution in [3.8, 4) is 18.1 Å². The molecule has 1 aromatic carbocycles. The molecule has 2 nitrogen and oxygen atoms in total. The summed E-state index contributed by atoms with van der Waals surface area (Å²) in [6, 6.07) is 8.30. The van der Waals surface area contributed by atoms with Crippen molar-refractivity contribution >= 4 is 0 Å². The molecule has 1 unspecified atom stereocenters. The average molecular weight is 245 g/mol. The van der Waals surface area contributed by atoms with Crippen LogP contribution in [-0.4, -0.2) is 12.1 Å². The van der Waals surface area contributed by atoms with E-state index in [1.54, 1.807) is 0 Å². The van der Waals surface area contributed by atoms with Gasteiger partial charge in [-0.3, -0.25) is 5.32 Å². The van der Waals surface area contributed by atoms with Crippen LogP contribution in [0.1, 0.15) is 39.2 Å². The summed E-state index contributed by atoms with van der Waals surface area (Å²) in [5, 5.41) is 3.38. The lowest BCUT2D eigenvalue weighted by Crippen LogP contribution is -2.26. The van der Waals surface area contributed by atoms with Gasteiger partial charge >= 0.3 is 0 Å². The lowest BCUT2D eigenvalue weighted by Gasteiger charge is -2.14. The third kappa shape index (κ3) is 5.25. The summed E-state index contributed by atoms with van der Waals surface area (Å²) < 4.78 is 5.67. The van der Waals surface area contributed by atoms with Crippen LogP contribution < -0.4 is 10.1 Å². The predicted molar refractivity (Wildman–Crippen MR) is 76.6 cm³/mol. The average Bonchev–Trinajstić information content (AvgIpc) is 2.34. The fraction of sp³-hybridized carbons (Fsp3) is 0.500. The van der Waals surface area contributed by atoms with Crippen LogP contribution in [0, 0.1) is 12.3 Å². The Balaban J connectivity index is 2.54. The summed E-state index contributed by atoms with van der Waals surface area (Å²) in [4.78, 5) is 0. The first-order valence-corrected chi connectivity index (χ1v) is 6.60. The summed E-state index contributed by atoms with van der Waals surface area (Å²) in [7, 11) is 0. The molecule has 0 aliphatic rings. The SMILES string of the molecule is C#CC(CCC)NCc1cccc(OC(C)C)c1. The standard InChI is InChI=1S/C16H23NO/c1-5-8-15(6-2)17-12-14-9-7-10-16(11-14)18-13(3)4/h2,7,9-11,13,15,17H,5,8,12H2,1,3-4H3. The van der Waals surface area contributed by atoms with Crippen LogP contribution in [0.15, 0.2) is 24.3 Å². The predicted octanol–water partition coefficient (Wildman–Crippen LogP) is 3.37. The maximum atomic E-state index is 5.67. The highest BCUT2D eigenvalue weighted by atomic mass is 16.5. The second-order valence-electron chi connectivity index (χ2n) is 4.70. The molecule has 0 aliphatic carbocycles. The topological polar surface area (TPSA) is 21.3 Å². The Hall–Kier alpha value is -1.46. The molecule has 0 fully saturated rings. The number of terminal acetylenes is 1. The monoisotopic (exact) mass is 245 g/mol. The molecular weight excluding hydrogens is 222 g/mol. The van der Waals surface area contributed by atoms with Gasteiger partial charge in [-0.2, -0.15) is 0 Å². The van der Waals surface area contributed by atoms with Crippen LogP contribution in [0.5, 0.6) is 5.75 Å². The summed E-state index contributed by atoms with van der Waals surface area (Å²) in [5.41, 5.74) is 1.20. The first kappa shape index (κ1) is 14.6. The van der Waals surface area contributed by atoms with Crippen molar-refractivity contribution in [1.29, 1.82) is 0 Å². The van der Waals surface area contributed by atoms with Gasteiger partial charge in [-0.25, -0.2) is 0 Å². The molecule has 1 aromatic rings. The summed E-state index contributed by atoms with van der Waals surface area (Å²) in [5.74, 6) is 3.69. The lowest BCUT2D eigenvalue weighted by atomic mass is 10.1. The molecule has 18 heavy (non-hydrogen) atoms. The summed E-state index contributed by atoms with van der Waals surface area (Å²) in [6.07, 6.45) is 7.79. The Labute approximate surface area is 111 Å². The van der Waals surface area contributed by atoms with E-state index in [0.717, 1.165) is 25.1 Å². The number of hydrogen-bond donors (Lipinski definition) is 1. The first-order chi connectivity index (χ1) is 8.65. The van der Waals surface area contributed by atoms with Gasteiger partial charge in [-0.05, 0) is 38.0 Å². The smallest absolute Gasteiger partial charge is 0.120 e. The Bertz CT molecular complexity index is 392. The van der Waals surface area contributed by atoms with Gasteiger partial charge in [0.15, 0.2) is 0 Å². The highest BCUT2D eigenvalue weighted by Gasteiger charge is 2.04. The minimum Gasteiger partial charge on any atom is -0.491 e. The normalized spacial score (nSPS) is 12.2. The Morgan fingerprint density at radius 2 is 2.17 bits per heavy atom. The van der Waals surface area contributed by atoms with Gasteiger partial charge in [-0.1, -0.05) is 31.4 Å². The molecular formula is C16H23NO. The van der Waals surface area contributed by atoms with Crippen molar-refractivity contribution in [2.45, 2.75) is 52.3 Å². The largest absolute Gasteiger partial charge is 0.491 e. The van der Waals surface area contributed by atoms with Gasteiger partial charge in [0.2, 0.25) is 0 Å². The highest BCUT2D eigenvalue weighted by molar-refractivity contribution is 5.28. The minimum atomic E-state index is 0.157. The van der Waals surface area contributed by atoms with E-state index in [0.29, 0.717) is 0 Å².